The van der Waals surface area contributed by atoms with E-state index in [-0.39, 0.29) is 17.5 Å². The SMILES string of the molecule is COC(=O)C1(c2cc(=O)[nH]c(N)n2)CCC1. The topological polar surface area (TPSA) is 98.1 Å². The van der Waals surface area contributed by atoms with Crippen molar-refractivity contribution in [1.29, 1.82) is 0 Å². The number of nitrogen functional groups attached to an aromatic ring is 1. The molecule has 16 heavy (non-hydrogen) atoms. The lowest BCUT2D eigenvalue weighted by molar-refractivity contribution is -0.151. The molecule has 0 atom stereocenters. The number of H-pyrrole nitrogens is 1. The van der Waals surface area contributed by atoms with E-state index in [0.717, 1.165) is 6.42 Å². The highest BCUT2D eigenvalue weighted by atomic mass is 16.5. The van der Waals surface area contributed by atoms with Gasteiger partial charge in [-0.05, 0) is 12.8 Å². The van der Waals surface area contributed by atoms with Gasteiger partial charge in [0.05, 0.1) is 12.8 Å². The van der Waals surface area contributed by atoms with Gasteiger partial charge in [-0.3, -0.25) is 14.6 Å². The van der Waals surface area contributed by atoms with Crippen molar-refractivity contribution in [3.63, 3.8) is 0 Å². The predicted octanol–water partition coefficient (Wildman–Crippen LogP) is -0.0532. The number of nitrogens with two attached hydrogens (primary N) is 1. The predicted molar refractivity (Wildman–Crippen MR) is 56.8 cm³/mol. The number of esters is 1. The Morgan fingerprint density at radius 3 is 2.75 bits per heavy atom. The second kappa shape index (κ2) is 3.62. The number of aromatic nitrogens is 2. The molecule has 6 heteroatoms. The van der Waals surface area contributed by atoms with Crippen molar-refractivity contribution in [1.82, 2.24) is 9.97 Å². The Morgan fingerprint density at radius 2 is 2.31 bits per heavy atom. The van der Waals surface area contributed by atoms with E-state index in [2.05, 4.69) is 9.97 Å². The Kier molecular flexibility index (Phi) is 2.41. The van der Waals surface area contributed by atoms with Crippen molar-refractivity contribution >= 4 is 11.9 Å². The molecule has 0 bridgehead atoms. The molecule has 6 nitrogen and oxygen atoms in total. The van der Waals surface area contributed by atoms with Gasteiger partial charge in [0.2, 0.25) is 5.95 Å². The standard InChI is InChI=1S/C10H13N3O3/c1-16-8(15)10(3-2-4-10)6-5-7(14)13-9(11)12-6/h5H,2-4H2,1H3,(H3,11,12,13,14). The number of nitrogens with one attached hydrogen (secondary N) is 1. The number of hydrogen-bond donors (Lipinski definition) is 2. The van der Waals surface area contributed by atoms with Crippen LogP contribution in [0.1, 0.15) is 25.0 Å². The minimum absolute atomic E-state index is 0.0256. The van der Waals surface area contributed by atoms with E-state index in [1.807, 2.05) is 0 Å². The van der Waals surface area contributed by atoms with Gasteiger partial charge in [-0.25, -0.2) is 4.98 Å². The van der Waals surface area contributed by atoms with Crippen LogP contribution in [0.2, 0.25) is 0 Å². The number of nitrogens with zero attached hydrogens (tertiary/aromatic N) is 1. The Labute approximate surface area is 91.8 Å². The molecule has 1 saturated carbocycles. The zero-order valence-electron chi connectivity index (χ0n) is 8.95. The van der Waals surface area contributed by atoms with Gasteiger partial charge in [0.25, 0.3) is 5.56 Å². The molecule has 0 spiro atoms. The van der Waals surface area contributed by atoms with E-state index in [1.54, 1.807) is 0 Å². The van der Waals surface area contributed by atoms with Crippen molar-refractivity contribution in [3.05, 3.63) is 22.1 Å². The van der Waals surface area contributed by atoms with Gasteiger partial charge in [-0.2, -0.15) is 0 Å². The normalized spacial score (nSPS) is 17.6. The van der Waals surface area contributed by atoms with Gasteiger partial charge in [-0.1, -0.05) is 6.42 Å². The maximum atomic E-state index is 11.7. The highest BCUT2D eigenvalue weighted by Crippen LogP contribution is 2.43. The highest BCUT2D eigenvalue weighted by Gasteiger charge is 2.48. The smallest absolute Gasteiger partial charge is 0.317 e. The Balaban J connectivity index is 2.48. The molecule has 1 fully saturated rings. The van der Waals surface area contributed by atoms with Crippen LogP contribution in [-0.2, 0) is 14.9 Å². The van der Waals surface area contributed by atoms with Gasteiger partial charge in [0.1, 0.15) is 5.41 Å². The molecule has 0 unspecified atom stereocenters. The molecule has 0 aliphatic heterocycles. The number of carbonyl (C=O) groups is 1. The molecular weight excluding hydrogens is 210 g/mol. The quantitative estimate of drug-likeness (QED) is 0.685. The molecule has 1 heterocycles. The summed E-state index contributed by atoms with van der Waals surface area (Å²) in [6.07, 6.45) is 2.22. The second-order valence-corrected chi connectivity index (χ2v) is 3.94. The summed E-state index contributed by atoms with van der Waals surface area (Å²) in [7, 11) is 1.33. The molecule has 0 radical (unpaired) electrons. The van der Waals surface area contributed by atoms with Crippen molar-refractivity contribution in [3.8, 4) is 0 Å². The van der Waals surface area contributed by atoms with E-state index in [0.29, 0.717) is 18.5 Å². The monoisotopic (exact) mass is 223 g/mol. The summed E-state index contributed by atoms with van der Waals surface area (Å²) >= 11 is 0. The Hall–Kier alpha value is -1.85. The lowest BCUT2D eigenvalue weighted by atomic mass is 9.66. The van der Waals surface area contributed by atoms with Crippen LogP contribution >= 0.6 is 0 Å². The van der Waals surface area contributed by atoms with E-state index >= 15 is 0 Å². The third-order valence-electron chi connectivity index (χ3n) is 3.03. The summed E-state index contributed by atoms with van der Waals surface area (Å²) in [5, 5.41) is 0. The summed E-state index contributed by atoms with van der Waals surface area (Å²) in [6.45, 7) is 0. The van der Waals surface area contributed by atoms with Crippen LogP contribution in [-0.4, -0.2) is 23.0 Å². The third kappa shape index (κ3) is 1.46. The molecule has 1 aromatic rings. The fraction of sp³-hybridized carbons (Fsp3) is 0.500. The van der Waals surface area contributed by atoms with E-state index in [4.69, 9.17) is 10.5 Å². The molecule has 0 amide bonds. The highest BCUT2D eigenvalue weighted by molar-refractivity contribution is 5.83. The van der Waals surface area contributed by atoms with E-state index in [9.17, 15) is 9.59 Å². The lowest BCUT2D eigenvalue weighted by Crippen LogP contribution is -2.44. The maximum absolute atomic E-state index is 11.7. The van der Waals surface area contributed by atoms with Crippen molar-refractivity contribution in [2.75, 3.05) is 12.8 Å². The zero-order valence-corrected chi connectivity index (χ0v) is 8.95. The number of rotatable bonds is 2. The molecular formula is C10H13N3O3. The van der Waals surface area contributed by atoms with Crippen LogP contribution in [0.5, 0.6) is 0 Å². The fourth-order valence-corrected chi connectivity index (χ4v) is 2.01. The number of ether oxygens (including phenoxy) is 1. The number of aromatic amines is 1. The van der Waals surface area contributed by atoms with Crippen LogP contribution in [0.4, 0.5) is 5.95 Å². The van der Waals surface area contributed by atoms with Crippen LogP contribution in [0.15, 0.2) is 10.9 Å². The number of methoxy groups -OCH3 is 1. The fourth-order valence-electron chi connectivity index (χ4n) is 2.01. The minimum Gasteiger partial charge on any atom is -0.468 e. The first kappa shape index (κ1) is 10.7. The lowest BCUT2D eigenvalue weighted by Gasteiger charge is -2.37. The second-order valence-electron chi connectivity index (χ2n) is 3.94. The molecule has 3 N–H and O–H groups in total. The van der Waals surface area contributed by atoms with Crippen molar-refractivity contribution in [2.45, 2.75) is 24.7 Å². The summed E-state index contributed by atoms with van der Waals surface area (Å²) in [5.74, 6) is -0.325. The van der Waals surface area contributed by atoms with Crippen LogP contribution < -0.4 is 11.3 Å². The first-order chi connectivity index (χ1) is 7.58. The molecule has 2 rings (SSSR count). The largest absolute Gasteiger partial charge is 0.468 e. The molecule has 1 aliphatic rings. The summed E-state index contributed by atoms with van der Waals surface area (Å²) in [5.41, 5.74) is 4.75. The maximum Gasteiger partial charge on any atom is 0.317 e. The van der Waals surface area contributed by atoms with Gasteiger partial charge in [0, 0.05) is 6.07 Å². The van der Waals surface area contributed by atoms with E-state index < -0.39 is 5.41 Å². The first-order valence-corrected chi connectivity index (χ1v) is 5.04. The third-order valence-corrected chi connectivity index (χ3v) is 3.03. The Morgan fingerprint density at radius 1 is 1.62 bits per heavy atom. The number of anilines is 1. The average molecular weight is 223 g/mol. The van der Waals surface area contributed by atoms with Crippen LogP contribution in [0.25, 0.3) is 0 Å². The number of hydrogen-bond acceptors (Lipinski definition) is 5. The van der Waals surface area contributed by atoms with Crippen molar-refractivity contribution in [2.24, 2.45) is 0 Å². The van der Waals surface area contributed by atoms with E-state index in [1.165, 1.54) is 13.2 Å². The van der Waals surface area contributed by atoms with Gasteiger partial charge in [-0.15, -0.1) is 0 Å². The summed E-state index contributed by atoms with van der Waals surface area (Å²) in [6, 6.07) is 1.31. The molecule has 1 aliphatic carbocycles. The van der Waals surface area contributed by atoms with Gasteiger partial charge >= 0.3 is 5.97 Å². The molecule has 0 aromatic carbocycles. The minimum atomic E-state index is -0.767. The molecule has 0 saturated heterocycles. The number of carbonyl (C=O) groups excluding carboxylic acids is 1. The Bertz CT molecular complexity index is 476. The average Bonchev–Trinajstić information content (AvgIpc) is 2.14. The summed E-state index contributed by atoms with van der Waals surface area (Å²) in [4.78, 5) is 29.4. The molecule has 86 valence electrons. The van der Waals surface area contributed by atoms with Gasteiger partial charge < -0.3 is 10.5 Å². The zero-order chi connectivity index (χ0) is 11.8. The van der Waals surface area contributed by atoms with Gasteiger partial charge in [0.15, 0.2) is 0 Å². The van der Waals surface area contributed by atoms with Crippen LogP contribution in [0.3, 0.4) is 0 Å². The first-order valence-electron chi connectivity index (χ1n) is 5.04. The molecule has 1 aromatic heterocycles. The van der Waals surface area contributed by atoms with Crippen LogP contribution in [0, 0.1) is 0 Å². The van der Waals surface area contributed by atoms with Crippen molar-refractivity contribution < 1.29 is 9.53 Å². The summed E-state index contributed by atoms with van der Waals surface area (Å²) < 4.78 is 4.76.